The van der Waals surface area contributed by atoms with Crippen LogP contribution in [-0.2, 0) is 18.2 Å². The summed E-state index contributed by atoms with van der Waals surface area (Å²) in [4.78, 5) is 0. The van der Waals surface area contributed by atoms with E-state index >= 15 is 0 Å². The van der Waals surface area contributed by atoms with E-state index in [4.69, 9.17) is 9.05 Å². The lowest BCUT2D eigenvalue weighted by Crippen LogP contribution is -2.27. The van der Waals surface area contributed by atoms with Gasteiger partial charge in [0.15, 0.2) is 0 Å². The minimum Gasteiger partial charge on any atom is -0.332 e. The van der Waals surface area contributed by atoms with Crippen LogP contribution >= 0.6 is 14.7 Å². The average molecular weight is 278 g/mol. The second-order valence-electron chi connectivity index (χ2n) is 5.35. The van der Waals surface area contributed by atoms with Crippen molar-refractivity contribution in [2.75, 3.05) is 19.9 Å². The van der Waals surface area contributed by atoms with Gasteiger partial charge in [-0.1, -0.05) is 0 Å². The molecule has 0 aromatic rings. The van der Waals surface area contributed by atoms with E-state index in [0.717, 1.165) is 19.3 Å². The second kappa shape index (κ2) is 3.93. The topological polar surface area (TPSA) is 52.6 Å². The Labute approximate surface area is 102 Å². The third-order valence-electron chi connectivity index (χ3n) is 4.88. The highest BCUT2D eigenvalue weighted by Gasteiger charge is 2.69. The van der Waals surface area contributed by atoms with Crippen LogP contribution in [0.1, 0.15) is 26.2 Å². The summed E-state index contributed by atoms with van der Waals surface area (Å²) in [5.74, 6) is 0.330. The van der Waals surface area contributed by atoms with E-state index in [1.54, 1.807) is 7.11 Å². The third-order valence-corrected chi connectivity index (χ3v) is 12.0. The number of hydrogen-bond donors (Lipinski definition) is 0. The Hall–Kier alpha value is 0.380. The van der Waals surface area contributed by atoms with Crippen LogP contribution < -0.4 is 0 Å². The van der Waals surface area contributed by atoms with Crippen molar-refractivity contribution in [3.8, 4) is 0 Å². The number of hydrogen-bond acceptors (Lipinski definition) is 4. The van der Waals surface area contributed by atoms with Gasteiger partial charge < -0.3 is 9.05 Å². The van der Waals surface area contributed by atoms with Crippen molar-refractivity contribution < 1.29 is 18.2 Å². The largest absolute Gasteiger partial charge is 0.332 e. The summed E-state index contributed by atoms with van der Waals surface area (Å²) >= 11 is 0. The van der Waals surface area contributed by atoms with Gasteiger partial charge in [-0.05, 0) is 32.1 Å². The van der Waals surface area contributed by atoms with Crippen LogP contribution in [0.4, 0.5) is 0 Å². The summed E-state index contributed by atoms with van der Waals surface area (Å²) in [6.45, 7) is 2.39. The molecule has 0 aromatic heterocycles. The van der Waals surface area contributed by atoms with Crippen LogP contribution in [-0.4, -0.2) is 36.9 Å². The standard InChI is InChI=1S/C11H20O4P2/c1-3-15-17(13)9-4-5-10(17)11-8(9)6-7-16(11,12)14-2/h8-11H,3-7H2,1-2H3. The molecule has 3 heterocycles. The molecule has 3 fully saturated rings. The van der Waals surface area contributed by atoms with Gasteiger partial charge in [-0.3, -0.25) is 9.13 Å². The van der Waals surface area contributed by atoms with E-state index in [-0.39, 0.29) is 17.0 Å². The fourth-order valence-corrected chi connectivity index (χ4v) is 12.4. The Kier molecular flexibility index (Phi) is 2.87. The summed E-state index contributed by atoms with van der Waals surface area (Å²) in [7, 11) is -3.57. The van der Waals surface area contributed by atoms with Gasteiger partial charge in [0, 0.05) is 24.6 Å². The van der Waals surface area contributed by atoms with E-state index in [2.05, 4.69) is 0 Å². The zero-order valence-electron chi connectivity index (χ0n) is 10.4. The van der Waals surface area contributed by atoms with Crippen LogP contribution in [0, 0.1) is 5.92 Å². The lowest BCUT2D eigenvalue weighted by atomic mass is 9.87. The maximum atomic E-state index is 13.0. The van der Waals surface area contributed by atoms with Crippen molar-refractivity contribution in [3.05, 3.63) is 0 Å². The van der Waals surface area contributed by atoms with Gasteiger partial charge in [-0.25, -0.2) is 0 Å². The Morgan fingerprint density at radius 2 is 1.88 bits per heavy atom. The quantitative estimate of drug-likeness (QED) is 0.744. The second-order valence-corrected chi connectivity index (χ2v) is 11.1. The molecule has 17 heavy (non-hydrogen) atoms. The molecule has 98 valence electrons. The molecule has 6 unspecified atom stereocenters. The van der Waals surface area contributed by atoms with Crippen LogP contribution in [0.25, 0.3) is 0 Å². The molecule has 0 aliphatic carbocycles. The Morgan fingerprint density at radius 3 is 2.53 bits per heavy atom. The van der Waals surface area contributed by atoms with Gasteiger partial charge in [0.05, 0.1) is 12.3 Å². The SMILES string of the molecule is CCOP1(=O)C2CCC1C1C2CCP1(=O)OC. The van der Waals surface area contributed by atoms with Gasteiger partial charge in [-0.15, -0.1) is 0 Å². The first kappa shape index (κ1) is 12.4. The summed E-state index contributed by atoms with van der Waals surface area (Å²) in [5, 5.41) is 0. The molecular formula is C11H20O4P2. The molecule has 3 aliphatic rings. The summed E-state index contributed by atoms with van der Waals surface area (Å²) in [6, 6.07) is 0. The fourth-order valence-electron chi connectivity index (χ4n) is 4.33. The average Bonchev–Trinajstić information content (AvgIpc) is 2.89. The van der Waals surface area contributed by atoms with Crippen LogP contribution in [0.2, 0.25) is 0 Å². The molecule has 3 aliphatic heterocycles. The van der Waals surface area contributed by atoms with Crippen molar-refractivity contribution in [2.45, 2.75) is 43.2 Å². The minimum atomic E-state index is -2.56. The van der Waals surface area contributed by atoms with Gasteiger partial charge in [0.2, 0.25) is 14.7 Å². The van der Waals surface area contributed by atoms with Gasteiger partial charge in [-0.2, -0.15) is 0 Å². The summed E-state index contributed by atoms with van der Waals surface area (Å²) in [5.41, 5.74) is 0.220. The lowest BCUT2D eigenvalue weighted by molar-refractivity contribution is 0.328. The molecule has 3 saturated heterocycles. The Balaban J connectivity index is 1.99. The maximum Gasteiger partial charge on any atom is 0.210 e. The van der Waals surface area contributed by atoms with E-state index in [1.807, 2.05) is 6.92 Å². The van der Waals surface area contributed by atoms with Crippen molar-refractivity contribution in [3.63, 3.8) is 0 Å². The van der Waals surface area contributed by atoms with Gasteiger partial charge in [0.25, 0.3) is 0 Å². The Morgan fingerprint density at radius 1 is 1.18 bits per heavy atom. The molecule has 0 amide bonds. The van der Waals surface area contributed by atoms with Gasteiger partial charge >= 0.3 is 0 Å². The maximum absolute atomic E-state index is 13.0. The molecule has 0 saturated carbocycles. The molecular weight excluding hydrogens is 258 g/mol. The van der Waals surface area contributed by atoms with Crippen LogP contribution in [0.3, 0.4) is 0 Å². The molecule has 6 heteroatoms. The highest BCUT2D eigenvalue weighted by molar-refractivity contribution is 7.66. The number of fused-ring (bicyclic) bond motifs is 5. The van der Waals surface area contributed by atoms with E-state index in [9.17, 15) is 9.13 Å². The zero-order valence-corrected chi connectivity index (χ0v) is 12.2. The fraction of sp³-hybridized carbons (Fsp3) is 1.00. The monoisotopic (exact) mass is 278 g/mol. The molecule has 4 nitrogen and oxygen atoms in total. The summed E-state index contributed by atoms with van der Waals surface area (Å²) < 4.78 is 36.6. The van der Waals surface area contributed by atoms with Crippen molar-refractivity contribution >= 4 is 14.7 Å². The highest BCUT2D eigenvalue weighted by atomic mass is 31.2. The number of rotatable bonds is 3. The normalized spacial score (nSPS) is 56.4. The smallest absolute Gasteiger partial charge is 0.210 e. The van der Waals surface area contributed by atoms with Gasteiger partial charge in [0.1, 0.15) is 0 Å². The lowest BCUT2D eigenvalue weighted by Gasteiger charge is -2.26. The van der Waals surface area contributed by atoms with E-state index in [0.29, 0.717) is 18.7 Å². The predicted molar refractivity (Wildman–Crippen MR) is 67.4 cm³/mol. The van der Waals surface area contributed by atoms with E-state index < -0.39 is 14.7 Å². The molecule has 2 bridgehead atoms. The molecule has 0 N–H and O–H groups in total. The molecule has 0 aromatic carbocycles. The first-order valence-corrected chi connectivity index (χ1v) is 10.1. The first-order valence-electron chi connectivity index (χ1n) is 6.45. The Bertz CT molecular complexity index is 422. The predicted octanol–water partition coefficient (Wildman–Crippen LogP) is 3.16. The van der Waals surface area contributed by atoms with Crippen LogP contribution in [0.5, 0.6) is 0 Å². The zero-order chi connectivity index (χ0) is 12.3. The van der Waals surface area contributed by atoms with Crippen molar-refractivity contribution in [1.29, 1.82) is 0 Å². The molecule has 0 spiro atoms. The molecule has 0 radical (unpaired) electrons. The first-order chi connectivity index (χ1) is 8.07. The third kappa shape index (κ3) is 1.45. The molecule has 3 rings (SSSR count). The van der Waals surface area contributed by atoms with Crippen LogP contribution in [0.15, 0.2) is 0 Å². The van der Waals surface area contributed by atoms with E-state index in [1.165, 1.54) is 0 Å². The van der Waals surface area contributed by atoms with Crippen molar-refractivity contribution in [1.82, 2.24) is 0 Å². The summed E-state index contributed by atoms with van der Waals surface area (Å²) in [6.07, 6.45) is 3.50. The highest BCUT2D eigenvalue weighted by Crippen LogP contribution is 2.82. The van der Waals surface area contributed by atoms with Crippen molar-refractivity contribution in [2.24, 2.45) is 5.92 Å². The minimum absolute atomic E-state index is 0.0192. The molecule has 6 atom stereocenters.